The zero-order valence-corrected chi connectivity index (χ0v) is 10.8. The lowest BCUT2D eigenvalue weighted by molar-refractivity contribution is 0.586. The summed E-state index contributed by atoms with van der Waals surface area (Å²) < 4.78 is 13.2. The molecular weight excluding hydrogens is 257 g/mol. The second kappa shape index (κ2) is 5.16. The summed E-state index contributed by atoms with van der Waals surface area (Å²) in [6.45, 7) is 2.45. The van der Waals surface area contributed by atoms with Gasteiger partial charge in [0.25, 0.3) is 0 Å². The molecule has 3 rings (SSSR count). The van der Waals surface area contributed by atoms with E-state index in [4.69, 9.17) is 0 Å². The summed E-state index contributed by atoms with van der Waals surface area (Å²) in [6.07, 6.45) is 2.82. The first-order chi connectivity index (χ1) is 9.72. The van der Waals surface area contributed by atoms with Crippen LogP contribution in [0.5, 0.6) is 0 Å². The number of aromatic nitrogens is 4. The zero-order valence-electron chi connectivity index (χ0n) is 10.8. The summed E-state index contributed by atoms with van der Waals surface area (Å²) in [6, 6.07) is 7.12. The van der Waals surface area contributed by atoms with E-state index in [1.807, 2.05) is 25.1 Å². The fraction of sp³-hybridized carbons (Fsp3) is 0.143. The number of hydrogen-bond acceptors (Lipinski definition) is 5. The minimum Gasteiger partial charge on any atom is -0.364 e. The van der Waals surface area contributed by atoms with Crippen LogP contribution in [-0.4, -0.2) is 19.9 Å². The summed E-state index contributed by atoms with van der Waals surface area (Å²) in [5.41, 5.74) is 2.44. The van der Waals surface area contributed by atoms with Crippen molar-refractivity contribution < 1.29 is 4.39 Å². The van der Waals surface area contributed by atoms with Crippen molar-refractivity contribution in [1.29, 1.82) is 0 Å². The Morgan fingerprint density at radius 2 is 2.10 bits per heavy atom. The van der Waals surface area contributed by atoms with Crippen LogP contribution in [0.15, 0.2) is 36.8 Å². The van der Waals surface area contributed by atoms with E-state index in [0.717, 1.165) is 11.4 Å². The maximum absolute atomic E-state index is 13.2. The molecule has 3 aromatic rings. The molecule has 0 atom stereocenters. The lowest BCUT2D eigenvalue weighted by Crippen LogP contribution is -2.05. The number of aryl methyl sites for hydroxylation is 1. The van der Waals surface area contributed by atoms with Gasteiger partial charge >= 0.3 is 0 Å². The Morgan fingerprint density at radius 3 is 2.95 bits per heavy atom. The Labute approximate surface area is 114 Å². The molecule has 0 unspecified atom stereocenters. The maximum Gasteiger partial charge on any atom is 0.213 e. The molecule has 0 saturated heterocycles. The summed E-state index contributed by atoms with van der Waals surface area (Å²) in [5.74, 6) is 0.0173. The number of hydrogen-bond donors (Lipinski definition) is 1. The molecular formula is C14H12FN5. The predicted octanol–water partition coefficient (Wildman–Crippen LogP) is 2.48. The molecule has 6 heteroatoms. The lowest BCUT2D eigenvalue weighted by atomic mass is 10.2. The molecule has 0 saturated carbocycles. The quantitative estimate of drug-likeness (QED) is 0.740. The van der Waals surface area contributed by atoms with E-state index in [-0.39, 0.29) is 0 Å². The highest BCUT2D eigenvalue weighted by Gasteiger charge is 2.06. The average molecular weight is 269 g/mol. The smallest absolute Gasteiger partial charge is 0.213 e. The van der Waals surface area contributed by atoms with Crippen molar-refractivity contribution in [3.05, 3.63) is 54.1 Å². The Hall–Kier alpha value is -2.63. The number of anilines is 1. The largest absolute Gasteiger partial charge is 0.364 e. The predicted molar refractivity (Wildman–Crippen MR) is 73.6 cm³/mol. The van der Waals surface area contributed by atoms with E-state index in [9.17, 15) is 4.39 Å². The van der Waals surface area contributed by atoms with Gasteiger partial charge in [-0.15, -0.1) is 0 Å². The molecule has 20 heavy (non-hydrogen) atoms. The Balaban J connectivity index is 1.89. The monoisotopic (exact) mass is 269 g/mol. The molecule has 0 amide bonds. The summed E-state index contributed by atoms with van der Waals surface area (Å²) >= 11 is 0. The Morgan fingerprint density at radius 1 is 1.20 bits per heavy atom. The van der Waals surface area contributed by atoms with Gasteiger partial charge in [-0.05, 0) is 19.1 Å². The van der Waals surface area contributed by atoms with Crippen LogP contribution >= 0.6 is 0 Å². The molecule has 1 N–H and O–H groups in total. The van der Waals surface area contributed by atoms with Crippen LogP contribution in [0.1, 0.15) is 11.4 Å². The van der Waals surface area contributed by atoms with Crippen LogP contribution in [0.4, 0.5) is 10.2 Å². The maximum atomic E-state index is 13.2. The third kappa shape index (κ3) is 2.54. The van der Waals surface area contributed by atoms with Crippen molar-refractivity contribution in [2.24, 2.45) is 0 Å². The van der Waals surface area contributed by atoms with Gasteiger partial charge in [-0.2, -0.15) is 4.39 Å². The highest BCUT2D eigenvalue weighted by molar-refractivity contribution is 5.87. The zero-order chi connectivity index (χ0) is 13.9. The highest BCUT2D eigenvalue weighted by Crippen LogP contribution is 2.19. The first kappa shape index (κ1) is 12.4. The lowest BCUT2D eigenvalue weighted by Gasteiger charge is -2.08. The van der Waals surface area contributed by atoms with E-state index in [1.54, 1.807) is 0 Å². The van der Waals surface area contributed by atoms with Gasteiger partial charge in [-0.3, -0.25) is 4.98 Å². The molecule has 0 aliphatic heterocycles. The Kier molecular flexibility index (Phi) is 3.20. The summed E-state index contributed by atoms with van der Waals surface area (Å²) in [4.78, 5) is 16.2. The second-order valence-corrected chi connectivity index (χ2v) is 4.37. The van der Waals surface area contributed by atoms with Crippen LogP contribution in [0.2, 0.25) is 0 Å². The van der Waals surface area contributed by atoms with Gasteiger partial charge in [0, 0.05) is 17.1 Å². The van der Waals surface area contributed by atoms with Gasteiger partial charge in [-0.25, -0.2) is 15.0 Å². The first-order valence-electron chi connectivity index (χ1n) is 6.15. The third-order valence-electron chi connectivity index (χ3n) is 2.87. The van der Waals surface area contributed by atoms with E-state index in [2.05, 4.69) is 25.3 Å². The van der Waals surface area contributed by atoms with Crippen LogP contribution in [0, 0.1) is 12.9 Å². The van der Waals surface area contributed by atoms with Crippen LogP contribution in [0.25, 0.3) is 10.9 Å². The summed E-state index contributed by atoms with van der Waals surface area (Å²) in [7, 11) is 0. The first-order valence-corrected chi connectivity index (χ1v) is 6.15. The molecule has 0 spiro atoms. The van der Waals surface area contributed by atoms with Gasteiger partial charge in [0.2, 0.25) is 5.95 Å². The van der Waals surface area contributed by atoms with Gasteiger partial charge in [0.05, 0.1) is 24.0 Å². The Bertz CT molecular complexity index is 759. The number of rotatable bonds is 3. The van der Waals surface area contributed by atoms with Crippen molar-refractivity contribution in [3.63, 3.8) is 0 Å². The number of fused-ring (bicyclic) bond motifs is 1. The summed E-state index contributed by atoms with van der Waals surface area (Å²) in [5, 5.41) is 3.75. The van der Waals surface area contributed by atoms with Crippen molar-refractivity contribution >= 4 is 16.7 Å². The van der Waals surface area contributed by atoms with E-state index >= 15 is 0 Å². The van der Waals surface area contributed by atoms with E-state index < -0.39 is 5.95 Å². The van der Waals surface area contributed by atoms with Crippen LogP contribution in [0.3, 0.4) is 0 Å². The molecule has 0 radical (unpaired) electrons. The van der Waals surface area contributed by atoms with Crippen LogP contribution in [-0.2, 0) is 6.54 Å². The van der Waals surface area contributed by atoms with Crippen molar-refractivity contribution in [2.75, 3.05) is 5.32 Å². The minimum atomic E-state index is -0.552. The standard InChI is InChI=1S/C14H12FN5/c1-9-3-2-4-10(20-9)6-17-14-11-5-13(15)16-7-12(11)18-8-19-14/h2-5,7-8H,6H2,1H3,(H,17,18,19). The number of nitrogens with one attached hydrogen (secondary N) is 1. The molecule has 3 heterocycles. The molecule has 0 fully saturated rings. The number of halogens is 1. The third-order valence-corrected chi connectivity index (χ3v) is 2.87. The average Bonchev–Trinajstić information content (AvgIpc) is 2.45. The molecule has 0 aliphatic rings. The number of pyridine rings is 2. The van der Waals surface area contributed by atoms with Gasteiger partial charge in [-0.1, -0.05) is 6.07 Å². The van der Waals surface area contributed by atoms with Crippen molar-refractivity contribution in [1.82, 2.24) is 19.9 Å². The highest BCUT2D eigenvalue weighted by atomic mass is 19.1. The van der Waals surface area contributed by atoms with E-state index in [1.165, 1.54) is 18.6 Å². The van der Waals surface area contributed by atoms with Gasteiger partial charge < -0.3 is 5.32 Å². The van der Waals surface area contributed by atoms with Gasteiger partial charge in [0.1, 0.15) is 12.1 Å². The molecule has 100 valence electrons. The fourth-order valence-electron chi connectivity index (χ4n) is 1.95. The molecule has 0 bridgehead atoms. The SMILES string of the molecule is Cc1cccc(CNc2ncnc3cnc(F)cc23)n1. The second-order valence-electron chi connectivity index (χ2n) is 4.37. The normalized spacial score (nSPS) is 10.7. The minimum absolute atomic E-state index is 0.512. The topological polar surface area (TPSA) is 63.6 Å². The van der Waals surface area contributed by atoms with Crippen LogP contribution < -0.4 is 5.32 Å². The fourth-order valence-corrected chi connectivity index (χ4v) is 1.95. The number of nitrogens with zero attached hydrogens (tertiary/aromatic N) is 4. The molecule has 5 nitrogen and oxygen atoms in total. The van der Waals surface area contributed by atoms with Gasteiger partial charge in [0.15, 0.2) is 0 Å². The van der Waals surface area contributed by atoms with E-state index in [0.29, 0.717) is 23.3 Å². The molecule has 0 aromatic carbocycles. The van der Waals surface area contributed by atoms with Crippen molar-refractivity contribution in [2.45, 2.75) is 13.5 Å². The van der Waals surface area contributed by atoms with Crippen molar-refractivity contribution in [3.8, 4) is 0 Å². The molecule has 0 aliphatic carbocycles. The molecule has 3 aromatic heterocycles.